The molecule has 0 spiro atoms. The highest BCUT2D eigenvalue weighted by atomic mass is 79.9. The summed E-state index contributed by atoms with van der Waals surface area (Å²) in [6, 6.07) is 5.63. The van der Waals surface area contributed by atoms with Gasteiger partial charge in [-0.25, -0.2) is 4.98 Å². The molecule has 0 N–H and O–H groups in total. The average molecular weight is 279 g/mol. The van der Waals surface area contributed by atoms with Crippen LogP contribution in [0.5, 0.6) is 0 Å². The van der Waals surface area contributed by atoms with Crippen LogP contribution in [0.3, 0.4) is 0 Å². The van der Waals surface area contributed by atoms with Crippen LogP contribution in [0.2, 0.25) is 0 Å². The fourth-order valence-corrected chi connectivity index (χ4v) is 2.62. The van der Waals surface area contributed by atoms with Crippen LogP contribution in [-0.4, -0.2) is 9.55 Å². The molecular weight excluding hydrogens is 268 g/mol. The van der Waals surface area contributed by atoms with Crippen molar-refractivity contribution in [3.8, 4) is 0 Å². The summed E-state index contributed by atoms with van der Waals surface area (Å²) in [4.78, 5) is 16.7. The van der Waals surface area contributed by atoms with Crippen LogP contribution in [0.15, 0.2) is 27.5 Å². The number of halogens is 1. The van der Waals surface area contributed by atoms with Gasteiger partial charge in [0.05, 0.1) is 10.9 Å². The zero-order chi connectivity index (χ0) is 11.3. The standard InChI is InChI=1S/C12H11BrN2O/c1-7-4-11-14-10-5-8(13)2-3-9(10)12(16)15(11)6-7/h2-3,5,7H,4,6H2,1H3. The lowest BCUT2D eigenvalue weighted by Gasteiger charge is -2.04. The van der Waals surface area contributed by atoms with Gasteiger partial charge in [0.1, 0.15) is 5.82 Å². The van der Waals surface area contributed by atoms with E-state index in [4.69, 9.17) is 0 Å². The Hall–Kier alpha value is -1.16. The predicted octanol–water partition coefficient (Wildman–Crippen LogP) is 2.35. The second-order valence-electron chi connectivity index (χ2n) is 4.41. The SMILES string of the molecule is CC1Cc2nc3cc(Br)ccc3c(=O)n2C1. The molecule has 0 fully saturated rings. The molecule has 0 saturated heterocycles. The van der Waals surface area contributed by atoms with Gasteiger partial charge in [-0.1, -0.05) is 22.9 Å². The Morgan fingerprint density at radius 1 is 1.50 bits per heavy atom. The Morgan fingerprint density at radius 3 is 3.12 bits per heavy atom. The minimum Gasteiger partial charge on any atom is -0.296 e. The van der Waals surface area contributed by atoms with E-state index in [1.807, 2.05) is 18.2 Å². The first-order valence-electron chi connectivity index (χ1n) is 5.34. The summed E-state index contributed by atoms with van der Waals surface area (Å²) < 4.78 is 2.77. The molecule has 2 heterocycles. The maximum atomic E-state index is 12.2. The molecule has 0 amide bonds. The lowest BCUT2D eigenvalue weighted by atomic mass is 10.1. The van der Waals surface area contributed by atoms with Gasteiger partial charge in [0, 0.05) is 17.4 Å². The molecule has 0 radical (unpaired) electrons. The molecule has 1 aliphatic heterocycles. The quantitative estimate of drug-likeness (QED) is 0.742. The third-order valence-electron chi connectivity index (χ3n) is 3.02. The van der Waals surface area contributed by atoms with Crippen LogP contribution in [0.25, 0.3) is 10.9 Å². The highest BCUT2D eigenvalue weighted by Crippen LogP contribution is 2.20. The Morgan fingerprint density at radius 2 is 2.31 bits per heavy atom. The van der Waals surface area contributed by atoms with E-state index in [9.17, 15) is 4.79 Å². The van der Waals surface area contributed by atoms with E-state index in [1.54, 1.807) is 4.57 Å². The van der Waals surface area contributed by atoms with Gasteiger partial charge in [0.2, 0.25) is 0 Å². The predicted molar refractivity (Wildman–Crippen MR) is 66.6 cm³/mol. The van der Waals surface area contributed by atoms with Crippen molar-refractivity contribution >= 4 is 26.8 Å². The van der Waals surface area contributed by atoms with Gasteiger partial charge in [0.15, 0.2) is 0 Å². The van der Waals surface area contributed by atoms with Crippen molar-refractivity contribution < 1.29 is 0 Å². The molecule has 16 heavy (non-hydrogen) atoms. The number of nitrogens with zero attached hydrogens (tertiary/aromatic N) is 2. The maximum Gasteiger partial charge on any atom is 0.261 e. The van der Waals surface area contributed by atoms with Gasteiger partial charge in [-0.3, -0.25) is 9.36 Å². The molecule has 1 unspecified atom stereocenters. The third-order valence-corrected chi connectivity index (χ3v) is 3.51. The molecule has 1 atom stereocenters. The van der Waals surface area contributed by atoms with Gasteiger partial charge < -0.3 is 0 Å². The van der Waals surface area contributed by atoms with Gasteiger partial charge in [0.25, 0.3) is 5.56 Å². The molecule has 1 aromatic carbocycles. The van der Waals surface area contributed by atoms with Crippen LogP contribution < -0.4 is 5.56 Å². The van der Waals surface area contributed by atoms with Crippen LogP contribution in [0.1, 0.15) is 12.7 Å². The van der Waals surface area contributed by atoms with Crippen molar-refractivity contribution in [3.05, 3.63) is 38.9 Å². The van der Waals surface area contributed by atoms with E-state index in [2.05, 4.69) is 27.8 Å². The largest absolute Gasteiger partial charge is 0.296 e. The van der Waals surface area contributed by atoms with Crippen LogP contribution in [0.4, 0.5) is 0 Å². The fraction of sp³-hybridized carbons (Fsp3) is 0.333. The summed E-state index contributed by atoms with van der Waals surface area (Å²) in [6.07, 6.45) is 0.900. The monoisotopic (exact) mass is 278 g/mol. The molecule has 4 heteroatoms. The number of aromatic nitrogens is 2. The average Bonchev–Trinajstić information content (AvgIpc) is 2.59. The highest BCUT2D eigenvalue weighted by molar-refractivity contribution is 9.10. The second kappa shape index (κ2) is 3.42. The Balaban J connectivity index is 2.38. The number of hydrogen-bond donors (Lipinski definition) is 0. The zero-order valence-electron chi connectivity index (χ0n) is 8.90. The van der Waals surface area contributed by atoms with E-state index >= 15 is 0 Å². The van der Waals surface area contributed by atoms with Crippen molar-refractivity contribution in [1.29, 1.82) is 0 Å². The summed E-state index contributed by atoms with van der Waals surface area (Å²) in [7, 11) is 0. The second-order valence-corrected chi connectivity index (χ2v) is 5.33. The first kappa shape index (κ1) is 10.0. The summed E-state index contributed by atoms with van der Waals surface area (Å²) in [5.41, 5.74) is 0.886. The zero-order valence-corrected chi connectivity index (χ0v) is 10.5. The van der Waals surface area contributed by atoms with Crippen LogP contribution in [-0.2, 0) is 13.0 Å². The first-order chi connectivity index (χ1) is 7.65. The summed E-state index contributed by atoms with van der Waals surface area (Å²) in [6.45, 7) is 2.95. The summed E-state index contributed by atoms with van der Waals surface area (Å²) >= 11 is 3.40. The fourth-order valence-electron chi connectivity index (χ4n) is 2.27. The maximum absolute atomic E-state index is 12.2. The highest BCUT2D eigenvalue weighted by Gasteiger charge is 2.21. The van der Waals surface area contributed by atoms with Crippen molar-refractivity contribution in [3.63, 3.8) is 0 Å². The lowest BCUT2D eigenvalue weighted by molar-refractivity contribution is 0.558. The lowest BCUT2D eigenvalue weighted by Crippen LogP contribution is -2.21. The molecule has 3 rings (SSSR count). The molecule has 0 aliphatic carbocycles. The molecule has 0 saturated carbocycles. The number of hydrogen-bond acceptors (Lipinski definition) is 2. The molecule has 0 bridgehead atoms. The van der Waals surface area contributed by atoms with Crippen molar-refractivity contribution in [2.45, 2.75) is 19.9 Å². The molecule has 1 aliphatic rings. The van der Waals surface area contributed by atoms with Crippen molar-refractivity contribution in [1.82, 2.24) is 9.55 Å². The molecular formula is C12H11BrN2O. The van der Waals surface area contributed by atoms with Gasteiger partial charge in [-0.15, -0.1) is 0 Å². The van der Waals surface area contributed by atoms with Crippen LogP contribution in [0, 0.1) is 5.92 Å². The van der Waals surface area contributed by atoms with Gasteiger partial charge >= 0.3 is 0 Å². The molecule has 2 aromatic rings. The van der Waals surface area contributed by atoms with Gasteiger partial charge in [-0.2, -0.15) is 0 Å². The number of rotatable bonds is 0. The molecule has 82 valence electrons. The van der Waals surface area contributed by atoms with E-state index < -0.39 is 0 Å². The van der Waals surface area contributed by atoms with E-state index in [0.29, 0.717) is 11.3 Å². The minimum absolute atomic E-state index is 0.0943. The summed E-state index contributed by atoms with van der Waals surface area (Å²) in [5.74, 6) is 1.43. The first-order valence-corrected chi connectivity index (χ1v) is 6.13. The topological polar surface area (TPSA) is 34.9 Å². The smallest absolute Gasteiger partial charge is 0.261 e. The molecule has 1 aromatic heterocycles. The van der Waals surface area contributed by atoms with E-state index in [1.165, 1.54) is 0 Å². The third kappa shape index (κ3) is 1.40. The van der Waals surface area contributed by atoms with E-state index in [0.717, 1.165) is 28.8 Å². The van der Waals surface area contributed by atoms with Crippen molar-refractivity contribution in [2.75, 3.05) is 0 Å². The van der Waals surface area contributed by atoms with E-state index in [-0.39, 0.29) is 5.56 Å². The van der Waals surface area contributed by atoms with Gasteiger partial charge in [-0.05, 0) is 24.1 Å². The number of benzene rings is 1. The Bertz CT molecular complexity index is 633. The Labute approximate surface area is 101 Å². The number of fused-ring (bicyclic) bond motifs is 2. The normalized spacial score (nSPS) is 19.0. The summed E-state index contributed by atoms with van der Waals surface area (Å²) in [5, 5.41) is 0.709. The van der Waals surface area contributed by atoms with Crippen molar-refractivity contribution in [2.24, 2.45) is 5.92 Å². The Kier molecular flexibility index (Phi) is 2.14. The van der Waals surface area contributed by atoms with Crippen LogP contribution >= 0.6 is 15.9 Å². The minimum atomic E-state index is 0.0943. The molecule has 3 nitrogen and oxygen atoms in total.